The largest absolute Gasteiger partial charge is 0.349 e. The minimum atomic E-state index is -0.468. The maximum Gasteiger partial charge on any atom is 0.277 e. The summed E-state index contributed by atoms with van der Waals surface area (Å²) in [6.45, 7) is 2.23. The normalized spacial score (nSPS) is 20.9. The van der Waals surface area contributed by atoms with E-state index in [1.165, 1.54) is 6.07 Å². The van der Waals surface area contributed by atoms with Crippen LogP contribution in [0.4, 0.5) is 0 Å². The van der Waals surface area contributed by atoms with E-state index in [0.717, 1.165) is 31.2 Å². The Morgan fingerprint density at radius 2 is 1.91 bits per heavy atom. The maximum atomic E-state index is 12.4. The van der Waals surface area contributed by atoms with E-state index in [-0.39, 0.29) is 17.5 Å². The third-order valence-electron chi connectivity index (χ3n) is 4.38. The van der Waals surface area contributed by atoms with E-state index in [2.05, 4.69) is 27.4 Å². The predicted molar refractivity (Wildman–Crippen MR) is 87.0 cm³/mol. The summed E-state index contributed by atoms with van der Waals surface area (Å²) < 4.78 is 0. The summed E-state index contributed by atoms with van der Waals surface area (Å²) in [4.78, 5) is 28.3. The van der Waals surface area contributed by atoms with Crippen molar-refractivity contribution in [2.75, 3.05) is 0 Å². The molecule has 2 aromatic heterocycles. The number of hydrogen-bond donors (Lipinski definition) is 2. The third-order valence-corrected chi connectivity index (χ3v) is 4.38. The molecule has 2 aromatic rings. The van der Waals surface area contributed by atoms with Crippen LogP contribution in [0.1, 0.15) is 43.0 Å². The minimum absolute atomic E-state index is 0.102. The van der Waals surface area contributed by atoms with Crippen molar-refractivity contribution in [1.82, 2.24) is 20.5 Å². The third kappa shape index (κ3) is 3.64. The van der Waals surface area contributed by atoms with Crippen molar-refractivity contribution in [1.29, 1.82) is 0 Å². The van der Waals surface area contributed by atoms with Gasteiger partial charge in [0.2, 0.25) is 0 Å². The van der Waals surface area contributed by atoms with Gasteiger partial charge in [0.25, 0.3) is 11.5 Å². The van der Waals surface area contributed by atoms with Crippen molar-refractivity contribution in [3.63, 3.8) is 0 Å². The van der Waals surface area contributed by atoms with E-state index in [0.29, 0.717) is 11.6 Å². The molecule has 0 atom stereocenters. The van der Waals surface area contributed by atoms with Crippen LogP contribution in [-0.2, 0) is 0 Å². The van der Waals surface area contributed by atoms with Crippen molar-refractivity contribution in [2.45, 2.75) is 38.6 Å². The molecule has 0 aliphatic heterocycles. The fourth-order valence-corrected chi connectivity index (χ4v) is 2.91. The lowest BCUT2D eigenvalue weighted by Crippen LogP contribution is -2.39. The molecule has 2 N–H and O–H groups in total. The van der Waals surface area contributed by atoms with Gasteiger partial charge in [0.1, 0.15) is 5.56 Å². The van der Waals surface area contributed by atoms with Crippen LogP contribution in [0.2, 0.25) is 0 Å². The molecule has 6 nitrogen and oxygen atoms in total. The zero-order valence-electron chi connectivity index (χ0n) is 13.1. The summed E-state index contributed by atoms with van der Waals surface area (Å²) in [5.41, 5.74) is 0.987. The van der Waals surface area contributed by atoms with Crippen LogP contribution in [0.5, 0.6) is 0 Å². The number of rotatable bonds is 3. The van der Waals surface area contributed by atoms with Gasteiger partial charge in [-0.05, 0) is 49.8 Å². The van der Waals surface area contributed by atoms with Crippen LogP contribution >= 0.6 is 0 Å². The first-order chi connectivity index (χ1) is 11.1. The number of nitrogens with zero attached hydrogens (tertiary/aromatic N) is 2. The van der Waals surface area contributed by atoms with Crippen molar-refractivity contribution in [2.24, 2.45) is 5.92 Å². The number of amides is 1. The molecule has 0 saturated heterocycles. The molecule has 3 rings (SSSR count). The van der Waals surface area contributed by atoms with Crippen LogP contribution in [0.3, 0.4) is 0 Å². The lowest BCUT2D eigenvalue weighted by molar-refractivity contribution is 0.0921. The lowest BCUT2D eigenvalue weighted by Gasteiger charge is -2.26. The minimum Gasteiger partial charge on any atom is -0.349 e. The van der Waals surface area contributed by atoms with Crippen molar-refractivity contribution < 1.29 is 4.79 Å². The topological polar surface area (TPSA) is 87.7 Å². The molecule has 1 aliphatic carbocycles. The highest BCUT2D eigenvalue weighted by molar-refractivity contribution is 5.94. The highest BCUT2D eigenvalue weighted by atomic mass is 16.2. The highest BCUT2D eigenvalue weighted by Gasteiger charge is 2.22. The van der Waals surface area contributed by atoms with Gasteiger partial charge in [-0.15, -0.1) is 0 Å². The van der Waals surface area contributed by atoms with Crippen LogP contribution in [0.15, 0.2) is 35.4 Å². The molecule has 0 spiro atoms. The van der Waals surface area contributed by atoms with Gasteiger partial charge in [-0.1, -0.05) is 6.92 Å². The average molecular weight is 312 g/mol. The van der Waals surface area contributed by atoms with E-state index in [1.807, 2.05) is 0 Å². The Morgan fingerprint density at radius 1 is 1.22 bits per heavy atom. The molecule has 6 heteroatoms. The van der Waals surface area contributed by atoms with Crippen molar-refractivity contribution in [3.8, 4) is 11.3 Å². The quantitative estimate of drug-likeness (QED) is 0.909. The standard InChI is InChI=1S/C17H20N4O2/c1-11-2-4-13(5-3-11)19-16(22)14-10-15(20-21-17(14)23)12-6-8-18-9-7-12/h6-11,13H,2-5H2,1H3,(H,19,22)(H,21,23). The van der Waals surface area contributed by atoms with Crippen molar-refractivity contribution in [3.05, 3.63) is 46.5 Å². The molecule has 1 fully saturated rings. The lowest BCUT2D eigenvalue weighted by atomic mass is 9.87. The molecule has 120 valence electrons. The van der Waals surface area contributed by atoms with Crippen LogP contribution in [0.25, 0.3) is 11.3 Å². The van der Waals surface area contributed by atoms with Gasteiger partial charge in [-0.25, -0.2) is 5.10 Å². The van der Waals surface area contributed by atoms with E-state index in [1.54, 1.807) is 24.5 Å². The number of hydrogen-bond acceptors (Lipinski definition) is 4. The fourth-order valence-electron chi connectivity index (χ4n) is 2.91. The number of nitrogens with one attached hydrogen (secondary N) is 2. The van der Waals surface area contributed by atoms with Crippen LogP contribution in [0, 0.1) is 5.92 Å². The van der Waals surface area contributed by atoms with Gasteiger partial charge < -0.3 is 5.32 Å². The zero-order chi connectivity index (χ0) is 16.2. The number of H-pyrrole nitrogens is 1. The second-order valence-electron chi connectivity index (χ2n) is 6.16. The molecular weight excluding hydrogens is 292 g/mol. The molecular formula is C17H20N4O2. The predicted octanol–water partition coefficient (Wildman–Crippen LogP) is 2.14. The van der Waals surface area contributed by atoms with Gasteiger partial charge in [0, 0.05) is 24.0 Å². The molecule has 23 heavy (non-hydrogen) atoms. The first kappa shape index (κ1) is 15.4. The number of carbonyl (C=O) groups excluding carboxylic acids is 1. The van der Waals surface area contributed by atoms with Gasteiger partial charge in [-0.2, -0.15) is 5.10 Å². The second-order valence-corrected chi connectivity index (χ2v) is 6.16. The van der Waals surface area contributed by atoms with E-state index < -0.39 is 5.56 Å². The Bertz CT molecular complexity index is 734. The second kappa shape index (κ2) is 6.73. The first-order valence-electron chi connectivity index (χ1n) is 7.94. The first-order valence-corrected chi connectivity index (χ1v) is 7.94. The molecule has 1 amide bonds. The summed E-state index contributed by atoms with van der Waals surface area (Å²) in [5, 5.41) is 9.38. The summed E-state index contributed by atoms with van der Waals surface area (Å²) in [6, 6.07) is 5.25. The Morgan fingerprint density at radius 3 is 2.61 bits per heavy atom. The SMILES string of the molecule is CC1CCC(NC(=O)c2cc(-c3ccncc3)n[nH]c2=O)CC1. The average Bonchev–Trinajstić information content (AvgIpc) is 2.58. The molecule has 0 bridgehead atoms. The maximum absolute atomic E-state index is 12.4. The summed E-state index contributed by atoms with van der Waals surface area (Å²) in [7, 11) is 0. The Hall–Kier alpha value is -2.50. The summed E-state index contributed by atoms with van der Waals surface area (Å²) in [5.74, 6) is 0.384. The highest BCUT2D eigenvalue weighted by Crippen LogP contribution is 2.23. The molecule has 1 aliphatic rings. The van der Waals surface area contributed by atoms with Gasteiger partial charge >= 0.3 is 0 Å². The van der Waals surface area contributed by atoms with E-state index >= 15 is 0 Å². The monoisotopic (exact) mass is 312 g/mol. The zero-order valence-corrected chi connectivity index (χ0v) is 13.1. The molecule has 0 unspecified atom stereocenters. The number of aromatic amines is 1. The van der Waals surface area contributed by atoms with Gasteiger partial charge in [0.15, 0.2) is 0 Å². The Balaban J connectivity index is 1.79. The molecule has 2 heterocycles. The fraction of sp³-hybridized carbons (Fsp3) is 0.412. The number of aromatic nitrogens is 3. The number of pyridine rings is 1. The van der Waals surface area contributed by atoms with Crippen LogP contribution < -0.4 is 10.9 Å². The Labute approximate surface area is 134 Å². The summed E-state index contributed by atoms with van der Waals surface area (Å²) >= 11 is 0. The van der Waals surface area contributed by atoms with Gasteiger partial charge in [0.05, 0.1) is 5.69 Å². The van der Waals surface area contributed by atoms with E-state index in [4.69, 9.17) is 0 Å². The van der Waals surface area contributed by atoms with Crippen LogP contribution in [-0.4, -0.2) is 27.1 Å². The van der Waals surface area contributed by atoms with E-state index in [9.17, 15) is 9.59 Å². The Kier molecular flexibility index (Phi) is 4.50. The molecule has 0 aromatic carbocycles. The van der Waals surface area contributed by atoms with Gasteiger partial charge in [-0.3, -0.25) is 14.6 Å². The van der Waals surface area contributed by atoms with Crippen molar-refractivity contribution >= 4 is 5.91 Å². The molecule has 0 radical (unpaired) electrons. The smallest absolute Gasteiger partial charge is 0.277 e. The summed E-state index contributed by atoms with van der Waals surface area (Å²) in [6.07, 6.45) is 7.44. The number of carbonyl (C=O) groups is 1. The molecule has 1 saturated carbocycles.